The van der Waals surface area contributed by atoms with E-state index in [2.05, 4.69) is 20.8 Å². The number of hydrogen-bond acceptors (Lipinski definition) is 3. The Morgan fingerprint density at radius 3 is 2.59 bits per heavy atom. The van der Waals surface area contributed by atoms with Gasteiger partial charge in [0.15, 0.2) is 0 Å². The monoisotopic (exact) mass is 232 g/mol. The number of hydrogen-bond donors (Lipinski definition) is 3. The van der Waals surface area contributed by atoms with E-state index in [-0.39, 0.29) is 6.03 Å². The molecule has 1 aromatic heterocycles. The number of methoxy groups -OCH3 is 1. The molecule has 17 heavy (non-hydrogen) atoms. The van der Waals surface area contributed by atoms with E-state index in [1.807, 2.05) is 0 Å². The minimum atomic E-state index is -0.334. The fraction of sp³-hybridized carbons (Fsp3) is 0.0909. The van der Waals surface area contributed by atoms with Crippen LogP contribution >= 0.6 is 0 Å². The van der Waals surface area contributed by atoms with Gasteiger partial charge in [-0.1, -0.05) is 0 Å². The van der Waals surface area contributed by atoms with Gasteiger partial charge in [0.2, 0.25) is 0 Å². The maximum absolute atomic E-state index is 11.5. The van der Waals surface area contributed by atoms with Gasteiger partial charge >= 0.3 is 6.03 Å². The van der Waals surface area contributed by atoms with E-state index in [9.17, 15) is 4.79 Å². The van der Waals surface area contributed by atoms with Crippen LogP contribution in [0.5, 0.6) is 5.75 Å². The lowest BCUT2D eigenvalue weighted by Gasteiger charge is -2.06. The number of aromatic nitrogens is 2. The molecule has 88 valence electrons. The SMILES string of the molecule is COc1ccc(NC(=O)Nc2ccn[nH]2)cc1. The van der Waals surface area contributed by atoms with Crippen LogP contribution in [0, 0.1) is 0 Å². The molecule has 0 saturated heterocycles. The molecule has 0 spiro atoms. The summed E-state index contributed by atoms with van der Waals surface area (Å²) in [5, 5.41) is 11.6. The van der Waals surface area contributed by atoms with Crippen LogP contribution in [0.4, 0.5) is 16.3 Å². The summed E-state index contributed by atoms with van der Waals surface area (Å²) < 4.78 is 5.02. The molecule has 0 aliphatic carbocycles. The average molecular weight is 232 g/mol. The highest BCUT2D eigenvalue weighted by Gasteiger charge is 2.02. The lowest BCUT2D eigenvalue weighted by Crippen LogP contribution is -2.19. The van der Waals surface area contributed by atoms with Gasteiger partial charge in [0, 0.05) is 11.8 Å². The van der Waals surface area contributed by atoms with E-state index in [1.165, 1.54) is 0 Å². The van der Waals surface area contributed by atoms with Crippen molar-refractivity contribution in [2.24, 2.45) is 0 Å². The Morgan fingerprint density at radius 2 is 2.00 bits per heavy atom. The second-order valence-corrected chi connectivity index (χ2v) is 3.28. The molecule has 3 N–H and O–H groups in total. The van der Waals surface area contributed by atoms with Gasteiger partial charge in [-0.15, -0.1) is 0 Å². The number of aromatic amines is 1. The topological polar surface area (TPSA) is 79.0 Å². The van der Waals surface area contributed by atoms with Gasteiger partial charge in [-0.25, -0.2) is 4.79 Å². The normalized spacial score (nSPS) is 9.71. The fourth-order valence-electron chi connectivity index (χ4n) is 1.28. The first-order valence-electron chi connectivity index (χ1n) is 4.99. The number of urea groups is 1. The van der Waals surface area contributed by atoms with E-state index in [0.29, 0.717) is 11.5 Å². The third-order valence-electron chi connectivity index (χ3n) is 2.10. The van der Waals surface area contributed by atoms with Crippen LogP contribution in [0.3, 0.4) is 0 Å². The molecule has 0 aliphatic rings. The third kappa shape index (κ3) is 2.97. The Balaban J connectivity index is 1.93. The van der Waals surface area contributed by atoms with Crippen molar-refractivity contribution < 1.29 is 9.53 Å². The molecule has 0 saturated carbocycles. The number of benzene rings is 1. The van der Waals surface area contributed by atoms with Crippen LogP contribution in [-0.4, -0.2) is 23.3 Å². The van der Waals surface area contributed by atoms with Crippen LogP contribution in [0.15, 0.2) is 36.5 Å². The molecular formula is C11H12N4O2. The number of nitrogens with one attached hydrogen (secondary N) is 3. The summed E-state index contributed by atoms with van der Waals surface area (Å²) in [5.74, 6) is 1.28. The highest BCUT2D eigenvalue weighted by Crippen LogP contribution is 2.15. The predicted molar refractivity (Wildman–Crippen MR) is 64.2 cm³/mol. The van der Waals surface area contributed by atoms with Gasteiger partial charge in [-0.2, -0.15) is 5.10 Å². The van der Waals surface area contributed by atoms with Crippen molar-refractivity contribution >= 4 is 17.5 Å². The predicted octanol–water partition coefficient (Wildman–Crippen LogP) is 2.06. The van der Waals surface area contributed by atoms with Crippen molar-refractivity contribution in [2.45, 2.75) is 0 Å². The van der Waals surface area contributed by atoms with Crippen molar-refractivity contribution in [3.8, 4) is 5.75 Å². The van der Waals surface area contributed by atoms with Crippen LogP contribution < -0.4 is 15.4 Å². The second kappa shape index (κ2) is 5.02. The standard InChI is InChI=1S/C11H12N4O2/c1-17-9-4-2-8(3-5-9)13-11(16)14-10-6-7-12-15-10/h2-7H,1H3,(H3,12,13,14,15,16). The lowest BCUT2D eigenvalue weighted by molar-refractivity contribution is 0.262. The molecule has 1 heterocycles. The number of carbonyl (C=O) groups excluding carboxylic acids is 1. The molecule has 0 aliphatic heterocycles. The van der Waals surface area contributed by atoms with Crippen LogP contribution in [0.2, 0.25) is 0 Å². The third-order valence-corrected chi connectivity index (χ3v) is 2.10. The Bertz CT molecular complexity index is 479. The largest absolute Gasteiger partial charge is 0.497 e. The number of H-pyrrole nitrogens is 1. The summed E-state index contributed by atoms with van der Waals surface area (Å²) in [6, 6.07) is 8.38. The van der Waals surface area contributed by atoms with Crippen molar-refractivity contribution in [1.82, 2.24) is 10.2 Å². The van der Waals surface area contributed by atoms with Crippen molar-refractivity contribution in [3.63, 3.8) is 0 Å². The maximum atomic E-state index is 11.5. The van der Waals surface area contributed by atoms with E-state index >= 15 is 0 Å². The molecular weight excluding hydrogens is 220 g/mol. The zero-order valence-electron chi connectivity index (χ0n) is 9.23. The van der Waals surface area contributed by atoms with Gasteiger partial charge in [0.25, 0.3) is 0 Å². The summed E-state index contributed by atoms with van der Waals surface area (Å²) in [6.45, 7) is 0. The second-order valence-electron chi connectivity index (χ2n) is 3.28. The quantitative estimate of drug-likeness (QED) is 0.757. The molecule has 2 amide bonds. The first-order chi connectivity index (χ1) is 8.28. The summed E-state index contributed by atoms with van der Waals surface area (Å²) in [5.41, 5.74) is 0.683. The van der Waals surface area contributed by atoms with Gasteiger partial charge in [-0.05, 0) is 24.3 Å². The zero-order valence-corrected chi connectivity index (χ0v) is 9.23. The van der Waals surface area contributed by atoms with Crippen LogP contribution in [-0.2, 0) is 0 Å². The highest BCUT2D eigenvalue weighted by atomic mass is 16.5. The highest BCUT2D eigenvalue weighted by molar-refractivity contribution is 5.99. The van der Waals surface area contributed by atoms with Crippen LogP contribution in [0.1, 0.15) is 0 Å². The summed E-state index contributed by atoms with van der Waals surface area (Å²) in [7, 11) is 1.59. The number of anilines is 2. The first-order valence-corrected chi connectivity index (χ1v) is 4.99. The fourth-order valence-corrected chi connectivity index (χ4v) is 1.28. The van der Waals surface area contributed by atoms with Crippen molar-refractivity contribution in [1.29, 1.82) is 0 Å². The van der Waals surface area contributed by atoms with Gasteiger partial charge in [-0.3, -0.25) is 10.4 Å². The average Bonchev–Trinajstić information content (AvgIpc) is 2.82. The van der Waals surface area contributed by atoms with E-state index < -0.39 is 0 Å². The van der Waals surface area contributed by atoms with Gasteiger partial charge in [0.1, 0.15) is 11.6 Å². The van der Waals surface area contributed by atoms with Gasteiger partial charge in [0.05, 0.1) is 13.3 Å². The molecule has 0 fully saturated rings. The summed E-state index contributed by atoms with van der Waals surface area (Å²) >= 11 is 0. The summed E-state index contributed by atoms with van der Waals surface area (Å²) in [4.78, 5) is 11.5. The Labute approximate surface area is 98.0 Å². The van der Waals surface area contributed by atoms with Crippen LogP contribution in [0.25, 0.3) is 0 Å². The Morgan fingerprint density at radius 1 is 1.24 bits per heavy atom. The number of amides is 2. The maximum Gasteiger partial charge on any atom is 0.324 e. The molecule has 1 aromatic carbocycles. The molecule has 0 unspecified atom stereocenters. The number of ether oxygens (including phenoxy) is 1. The lowest BCUT2D eigenvalue weighted by atomic mass is 10.3. The van der Waals surface area contributed by atoms with Gasteiger partial charge < -0.3 is 10.1 Å². The van der Waals surface area contributed by atoms with Crippen molar-refractivity contribution in [2.75, 3.05) is 17.7 Å². The molecule has 6 nitrogen and oxygen atoms in total. The van der Waals surface area contributed by atoms with Crippen molar-refractivity contribution in [3.05, 3.63) is 36.5 Å². The molecule has 6 heteroatoms. The van der Waals surface area contributed by atoms with E-state index in [4.69, 9.17) is 4.74 Å². The molecule has 2 rings (SSSR count). The minimum Gasteiger partial charge on any atom is -0.497 e. The van der Waals surface area contributed by atoms with E-state index in [1.54, 1.807) is 43.6 Å². The Kier molecular flexibility index (Phi) is 3.25. The zero-order chi connectivity index (χ0) is 12.1. The first kappa shape index (κ1) is 11.0. The van der Waals surface area contributed by atoms with E-state index in [0.717, 1.165) is 5.75 Å². The number of nitrogens with zero attached hydrogens (tertiary/aromatic N) is 1. The molecule has 0 radical (unpaired) electrons. The smallest absolute Gasteiger partial charge is 0.324 e. The minimum absolute atomic E-state index is 0.334. The Hall–Kier alpha value is -2.50. The summed E-state index contributed by atoms with van der Waals surface area (Å²) in [6.07, 6.45) is 1.56. The molecule has 0 bridgehead atoms. The number of carbonyl (C=O) groups is 1. The number of rotatable bonds is 3. The molecule has 2 aromatic rings. The molecule has 0 atom stereocenters.